The van der Waals surface area contributed by atoms with E-state index >= 15 is 0 Å². The van der Waals surface area contributed by atoms with E-state index in [2.05, 4.69) is 4.90 Å². The number of carbonyl (C=O) groups excluding carboxylic acids is 1. The maximum atomic E-state index is 12.8. The SMILES string of the molecule is CC(C)(C)OC(=O)N1CCN(C2CCC(C(F)(F)F)CC2N)CC1. The van der Waals surface area contributed by atoms with Crippen LogP contribution in [0.15, 0.2) is 0 Å². The molecule has 1 aliphatic carbocycles. The molecule has 0 radical (unpaired) electrons. The molecular formula is C16H28F3N3O2. The lowest BCUT2D eigenvalue weighted by Gasteiger charge is -2.44. The third-order valence-corrected chi connectivity index (χ3v) is 4.76. The van der Waals surface area contributed by atoms with Crippen molar-refractivity contribution in [2.75, 3.05) is 26.2 Å². The van der Waals surface area contributed by atoms with Gasteiger partial charge < -0.3 is 15.4 Å². The van der Waals surface area contributed by atoms with Crippen molar-refractivity contribution in [1.29, 1.82) is 0 Å². The summed E-state index contributed by atoms with van der Waals surface area (Å²) < 4.78 is 43.8. The Labute approximate surface area is 141 Å². The average Bonchev–Trinajstić information content (AvgIpc) is 2.44. The highest BCUT2D eigenvalue weighted by Crippen LogP contribution is 2.38. The highest BCUT2D eigenvalue weighted by Gasteiger charge is 2.45. The van der Waals surface area contributed by atoms with Gasteiger partial charge in [-0.3, -0.25) is 4.90 Å². The second kappa shape index (κ2) is 7.07. The molecule has 1 amide bonds. The summed E-state index contributed by atoms with van der Waals surface area (Å²) in [5, 5.41) is 0. The van der Waals surface area contributed by atoms with Crippen LogP contribution in [0.4, 0.5) is 18.0 Å². The molecule has 3 unspecified atom stereocenters. The number of nitrogens with zero attached hydrogens (tertiary/aromatic N) is 2. The van der Waals surface area contributed by atoms with E-state index in [1.807, 2.05) is 20.8 Å². The number of carbonyl (C=O) groups is 1. The first-order valence-electron chi connectivity index (χ1n) is 8.51. The predicted octanol–water partition coefficient (Wildman–Crippen LogP) is 2.60. The van der Waals surface area contributed by atoms with E-state index < -0.39 is 23.7 Å². The fraction of sp³-hybridized carbons (Fsp3) is 0.938. The Kier molecular flexibility index (Phi) is 5.69. The Morgan fingerprint density at radius 3 is 2.12 bits per heavy atom. The molecule has 2 N–H and O–H groups in total. The van der Waals surface area contributed by atoms with Gasteiger partial charge in [0.1, 0.15) is 5.60 Å². The normalized spacial score (nSPS) is 30.3. The largest absolute Gasteiger partial charge is 0.444 e. The van der Waals surface area contributed by atoms with Gasteiger partial charge in [0.2, 0.25) is 0 Å². The molecule has 24 heavy (non-hydrogen) atoms. The van der Waals surface area contributed by atoms with Crippen molar-refractivity contribution in [2.24, 2.45) is 11.7 Å². The van der Waals surface area contributed by atoms with Crippen LogP contribution in [0.2, 0.25) is 0 Å². The average molecular weight is 351 g/mol. The number of hydrogen-bond acceptors (Lipinski definition) is 4. The minimum absolute atomic E-state index is 0.0134. The maximum Gasteiger partial charge on any atom is 0.410 e. The number of halogens is 3. The number of amides is 1. The lowest BCUT2D eigenvalue weighted by atomic mass is 9.81. The molecule has 2 fully saturated rings. The molecular weight excluding hydrogens is 323 g/mol. The zero-order valence-electron chi connectivity index (χ0n) is 14.6. The zero-order chi connectivity index (χ0) is 18.1. The highest BCUT2D eigenvalue weighted by atomic mass is 19.4. The molecule has 0 aromatic carbocycles. The van der Waals surface area contributed by atoms with E-state index in [9.17, 15) is 18.0 Å². The molecule has 0 aromatic rings. The Bertz CT molecular complexity index is 443. The molecule has 1 heterocycles. The van der Waals surface area contributed by atoms with E-state index in [1.54, 1.807) is 4.90 Å². The van der Waals surface area contributed by atoms with Gasteiger partial charge in [-0.05, 0) is 40.0 Å². The summed E-state index contributed by atoms with van der Waals surface area (Å²) in [7, 11) is 0. The van der Waals surface area contributed by atoms with Crippen LogP contribution in [-0.2, 0) is 4.74 Å². The first kappa shape index (κ1) is 19.3. The standard InChI is InChI=1S/C16H28F3N3O2/c1-15(2,3)24-14(23)22-8-6-21(7-9-22)13-5-4-11(10-12(13)20)16(17,18)19/h11-13H,4-10,20H2,1-3H3. The Morgan fingerprint density at radius 2 is 1.67 bits per heavy atom. The Balaban J connectivity index is 1.84. The predicted molar refractivity (Wildman–Crippen MR) is 84.5 cm³/mol. The van der Waals surface area contributed by atoms with Gasteiger partial charge in [-0.15, -0.1) is 0 Å². The van der Waals surface area contributed by atoms with Crippen molar-refractivity contribution in [2.45, 2.75) is 63.9 Å². The van der Waals surface area contributed by atoms with E-state index in [1.165, 1.54) is 0 Å². The molecule has 5 nitrogen and oxygen atoms in total. The molecule has 140 valence electrons. The Hall–Kier alpha value is -1.02. The first-order chi connectivity index (χ1) is 11.0. The van der Waals surface area contributed by atoms with E-state index in [0.29, 0.717) is 32.6 Å². The van der Waals surface area contributed by atoms with Gasteiger partial charge in [-0.2, -0.15) is 13.2 Å². The van der Waals surface area contributed by atoms with Crippen molar-refractivity contribution in [3.8, 4) is 0 Å². The summed E-state index contributed by atoms with van der Waals surface area (Å²) in [6.45, 7) is 7.72. The van der Waals surface area contributed by atoms with Gasteiger partial charge in [0.25, 0.3) is 0 Å². The monoisotopic (exact) mass is 351 g/mol. The minimum Gasteiger partial charge on any atom is -0.444 e. The zero-order valence-corrected chi connectivity index (χ0v) is 14.6. The Morgan fingerprint density at radius 1 is 1.08 bits per heavy atom. The van der Waals surface area contributed by atoms with Gasteiger partial charge >= 0.3 is 12.3 Å². The van der Waals surface area contributed by atoms with E-state index in [4.69, 9.17) is 10.5 Å². The van der Waals surface area contributed by atoms with Crippen LogP contribution in [0.5, 0.6) is 0 Å². The number of ether oxygens (including phenoxy) is 1. The van der Waals surface area contributed by atoms with Gasteiger partial charge in [-0.25, -0.2) is 4.79 Å². The number of alkyl halides is 3. The number of piperazine rings is 1. The maximum absolute atomic E-state index is 12.8. The molecule has 1 saturated carbocycles. The smallest absolute Gasteiger partial charge is 0.410 e. The topological polar surface area (TPSA) is 58.8 Å². The van der Waals surface area contributed by atoms with Crippen LogP contribution in [0.25, 0.3) is 0 Å². The van der Waals surface area contributed by atoms with Gasteiger partial charge in [0.05, 0.1) is 5.92 Å². The van der Waals surface area contributed by atoms with Gasteiger partial charge in [0, 0.05) is 38.3 Å². The van der Waals surface area contributed by atoms with Crippen molar-refractivity contribution < 1.29 is 22.7 Å². The van der Waals surface area contributed by atoms with Crippen molar-refractivity contribution in [1.82, 2.24) is 9.80 Å². The fourth-order valence-corrected chi connectivity index (χ4v) is 3.50. The summed E-state index contributed by atoms with van der Waals surface area (Å²) >= 11 is 0. The lowest BCUT2D eigenvalue weighted by Crippen LogP contribution is -2.59. The van der Waals surface area contributed by atoms with Crippen molar-refractivity contribution in [3.05, 3.63) is 0 Å². The van der Waals surface area contributed by atoms with Crippen LogP contribution < -0.4 is 5.73 Å². The fourth-order valence-electron chi connectivity index (χ4n) is 3.50. The second-order valence-electron chi connectivity index (χ2n) is 7.79. The van der Waals surface area contributed by atoms with Crippen LogP contribution in [0.3, 0.4) is 0 Å². The molecule has 8 heteroatoms. The first-order valence-corrected chi connectivity index (χ1v) is 8.51. The minimum atomic E-state index is -4.15. The van der Waals surface area contributed by atoms with E-state index in [-0.39, 0.29) is 25.0 Å². The number of nitrogens with two attached hydrogens (primary N) is 1. The van der Waals surface area contributed by atoms with E-state index in [0.717, 1.165) is 0 Å². The summed E-state index contributed by atoms with van der Waals surface area (Å²) in [5.74, 6) is -1.29. The summed E-state index contributed by atoms with van der Waals surface area (Å²) in [4.78, 5) is 15.8. The quantitative estimate of drug-likeness (QED) is 0.789. The number of hydrogen-bond donors (Lipinski definition) is 1. The van der Waals surface area contributed by atoms with Crippen LogP contribution in [0, 0.1) is 5.92 Å². The van der Waals surface area contributed by atoms with Crippen LogP contribution >= 0.6 is 0 Å². The second-order valence-corrected chi connectivity index (χ2v) is 7.79. The third-order valence-electron chi connectivity index (χ3n) is 4.76. The summed E-state index contributed by atoms with van der Waals surface area (Å²) in [6.07, 6.45) is -3.92. The molecule has 1 saturated heterocycles. The van der Waals surface area contributed by atoms with Crippen molar-refractivity contribution in [3.63, 3.8) is 0 Å². The molecule has 0 aromatic heterocycles. The summed E-state index contributed by atoms with van der Waals surface area (Å²) in [5.41, 5.74) is 5.49. The van der Waals surface area contributed by atoms with Crippen LogP contribution in [-0.4, -0.2) is 65.9 Å². The molecule has 1 aliphatic heterocycles. The molecule has 3 atom stereocenters. The van der Waals surface area contributed by atoms with Gasteiger partial charge in [-0.1, -0.05) is 0 Å². The molecule has 2 aliphatic rings. The number of rotatable bonds is 1. The lowest BCUT2D eigenvalue weighted by molar-refractivity contribution is -0.186. The third kappa shape index (κ3) is 4.99. The van der Waals surface area contributed by atoms with Crippen LogP contribution in [0.1, 0.15) is 40.0 Å². The van der Waals surface area contributed by atoms with Gasteiger partial charge in [0.15, 0.2) is 0 Å². The summed E-state index contributed by atoms with van der Waals surface area (Å²) in [6, 6.07) is -0.511. The van der Waals surface area contributed by atoms with Crippen molar-refractivity contribution >= 4 is 6.09 Å². The molecule has 2 rings (SSSR count). The highest BCUT2D eigenvalue weighted by molar-refractivity contribution is 5.68. The molecule has 0 bridgehead atoms. The molecule has 0 spiro atoms.